The number of non-ortho nitro benzene ring substituents is 1. The fraction of sp³-hybridized carbons (Fsp3) is 0.300. The van der Waals surface area contributed by atoms with Crippen molar-refractivity contribution in [3.05, 3.63) is 39.7 Å². The second kappa shape index (κ2) is 5.58. The number of halogens is 6. The van der Waals surface area contributed by atoms with Gasteiger partial charge in [-0.25, -0.2) is 9.18 Å². The molecule has 5 nitrogen and oxygen atoms in total. The van der Waals surface area contributed by atoms with Crippen molar-refractivity contribution in [3.8, 4) is 0 Å². The number of esters is 1. The average molecular weight is 317 g/mol. The third-order valence-electron chi connectivity index (χ3n) is 2.21. The number of rotatable bonds is 4. The lowest BCUT2D eigenvalue weighted by Gasteiger charge is -2.17. The number of benzene rings is 1. The Hall–Kier alpha value is -2.33. The maximum absolute atomic E-state index is 13.2. The van der Waals surface area contributed by atoms with E-state index in [2.05, 4.69) is 4.74 Å². The lowest BCUT2D eigenvalue weighted by atomic mass is 10.2. The molecule has 0 unspecified atom stereocenters. The number of carbonyl (C=O) groups excluding carboxylic acids is 1. The molecule has 11 heteroatoms. The molecule has 0 fully saturated rings. The molecule has 1 aromatic carbocycles. The molecule has 0 aliphatic rings. The molecule has 0 aliphatic carbocycles. The standard InChI is InChI=1S/C10H5F6NO4/c11-7-2-1-6(17(19)20)3-5(7)4-21-8(18)9(12,13)10(14,15)16/h1-3H,4H2. The van der Waals surface area contributed by atoms with Crippen molar-refractivity contribution in [1.29, 1.82) is 0 Å². The summed E-state index contributed by atoms with van der Waals surface area (Å²) in [7, 11) is 0. The maximum Gasteiger partial charge on any atom is 0.465 e. The molecule has 0 saturated heterocycles. The van der Waals surface area contributed by atoms with Gasteiger partial charge in [0.2, 0.25) is 0 Å². The average Bonchev–Trinajstić information content (AvgIpc) is 2.35. The molecule has 0 aromatic heterocycles. The molecule has 0 atom stereocenters. The van der Waals surface area contributed by atoms with Crippen molar-refractivity contribution in [2.75, 3.05) is 0 Å². The summed E-state index contributed by atoms with van der Waals surface area (Å²) in [5.41, 5.74) is -1.36. The summed E-state index contributed by atoms with van der Waals surface area (Å²) in [5.74, 6) is -9.85. The highest BCUT2D eigenvalue weighted by atomic mass is 19.4. The first kappa shape index (κ1) is 16.7. The topological polar surface area (TPSA) is 69.4 Å². The SMILES string of the molecule is O=C(OCc1cc([N+](=O)[O-])ccc1F)C(F)(F)C(F)(F)F. The van der Waals surface area contributed by atoms with E-state index in [4.69, 9.17) is 0 Å². The summed E-state index contributed by atoms with van der Waals surface area (Å²) in [5, 5.41) is 10.4. The van der Waals surface area contributed by atoms with Crippen LogP contribution in [0.5, 0.6) is 0 Å². The molecule has 116 valence electrons. The number of hydrogen-bond acceptors (Lipinski definition) is 4. The zero-order valence-corrected chi connectivity index (χ0v) is 9.79. The monoisotopic (exact) mass is 317 g/mol. The Morgan fingerprint density at radius 3 is 2.29 bits per heavy atom. The molecule has 0 saturated carbocycles. The Bertz CT molecular complexity index is 571. The molecule has 1 rings (SSSR count). The number of nitro groups is 1. The van der Waals surface area contributed by atoms with Gasteiger partial charge in [-0.2, -0.15) is 22.0 Å². The van der Waals surface area contributed by atoms with Crippen molar-refractivity contribution in [3.63, 3.8) is 0 Å². The van der Waals surface area contributed by atoms with Crippen LogP contribution in [0.3, 0.4) is 0 Å². The third-order valence-corrected chi connectivity index (χ3v) is 2.21. The molecule has 0 spiro atoms. The van der Waals surface area contributed by atoms with E-state index in [1.54, 1.807) is 0 Å². The van der Waals surface area contributed by atoms with E-state index in [1.807, 2.05) is 0 Å². The molecular formula is C10H5F6NO4. The largest absolute Gasteiger partial charge is 0.465 e. The molecule has 1 aromatic rings. The molecule has 0 heterocycles. The highest BCUT2D eigenvalue weighted by Gasteiger charge is 2.64. The van der Waals surface area contributed by atoms with Crippen LogP contribution in [0.4, 0.5) is 32.0 Å². The third kappa shape index (κ3) is 3.61. The highest BCUT2D eigenvalue weighted by molar-refractivity contribution is 5.78. The Balaban J connectivity index is 2.87. The van der Waals surface area contributed by atoms with Gasteiger partial charge in [0.15, 0.2) is 0 Å². The van der Waals surface area contributed by atoms with Gasteiger partial charge in [-0.15, -0.1) is 0 Å². The van der Waals surface area contributed by atoms with E-state index in [0.717, 1.165) is 6.07 Å². The summed E-state index contributed by atoms with van der Waals surface area (Å²) in [6.07, 6.45) is -6.16. The van der Waals surface area contributed by atoms with Crippen molar-refractivity contribution in [2.45, 2.75) is 18.7 Å². The Labute approximate surface area is 112 Å². The minimum Gasteiger partial charge on any atom is -0.456 e. The summed E-state index contributed by atoms with van der Waals surface area (Å²) < 4.78 is 77.5. The van der Waals surface area contributed by atoms with Gasteiger partial charge in [-0.3, -0.25) is 10.1 Å². The van der Waals surface area contributed by atoms with Gasteiger partial charge in [0.25, 0.3) is 5.69 Å². The van der Waals surface area contributed by atoms with Gasteiger partial charge < -0.3 is 4.74 Å². The molecule has 21 heavy (non-hydrogen) atoms. The second-order valence-corrected chi connectivity index (χ2v) is 3.68. The zero-order chi connectivity index (χ0) is 16.4. The van der Waals surface area contributed by atoms with Crippen molar-refractivity contribution in [2.24, 2.45) is 0 Å². The minimum absolute atomic E-state index is 0.550. The first-order valence-electron chi connectivity index (χ1n) is 5.01. The van der Waals surface area contributed by atoms with E-state index in [-0.39, 0.29) is 0 Å². The summed E-state index contributed by atoms with van der Waals surface area (Å²) in [6.45, 7) is -1.31. The maximum atomic E-state index is 13.2. The van der Waals surface area contributed by atoms with E-state index < -0.39 is 46.7 Å². The first-order chi connectivity index (χ1) is 9.46. The van der Waals surface area contributed by atoms with E-state index in [1.165, 1.54) is 0 Å². The zero-order valence-electron chi connectivity index (χ0n) is 9.79. The van der Waals surface area contributed by atoms with Gasteiger partial charge in [0, 0.05) is 17.7 Å². The Kier molecular flexibility index (Phi) is 4.44. The van der Waals surface area contributed by atoms with Crippen molar-refractivity contribution < 1.29 is 40.8 Å². The summed E-state index contributed by atoms with van der Waals surface area (Å²) >= 11 is 0. The predicted molar refractivity (Wildman–Crippen MR) is 53.9 cm³/mol. The quantitative estimate of drug-likeness (QED) is 0.370. The first-order valence-corrected chi connectivity index (χ1v) is 5.01. The highest BCUT2D eigenvalue weighted by Crippen LogP contribution is 2.36. The van der Waals surface area contributed by atoms with Crippen LogP contribution in [-0.4, -0.2) is 23.0 Å². The van der Waals surface area contributed by atoms with E-state index in [0.29, 0.717) is 12.1 Å². The molecule has 0 aliphatic heterocycles. The van der Waals surface area contributed by atoms with Gasteiger partial charge >= 0.3 is 18.1 Å². The molecular weight excluding hydrogens is 312 g/mol. The molecule has 0 radical (unpaired) electrons. The normalized spacial score (nSPS) is 12.1. The van der Waals surface area contributed by atoms with E-state index >= 15 is 0 Å². The molecule has 0 N–H and O–H groups in total. The van der Waals surface area contributed by atoms with Gasteiger partial charge in [-0.1, -0.05) is 0 Å². The van der Waals surface area contributed by atoms with Crippen LogP contribution in [0.15, 0.2) is 18.2 Å². The van der Waals surface area contributed by atoms with Crippen LogP contribution >= 0.6 is 0 Å². The Morgan fingerprint density at radius 1 is 1.24 bits per heavy atom. The number of nitro benzene ring substituents is 1. The number of carbonyl (C=O) groups is 1. The van der Waals surface area contributed by atoms with Crippen LogP contribution in [0.25, 0.3) is 0 Å². The van der Waals surface area contributed by atoms with Crippen LogP contribution in [0, 0.1) is 15.9 Å². The van der Waals surface area contributed by atoms with E-state index in [9.17, 15) is 41.3 Å². The van der Waals surface area contributed by atoms with Crippen LogP contribution in [0.1, 0.15) is 5.56 Å². The number of ether oxygens (including phenoxy) is 1. The summed E-state index contributed by atoms with van der Waals surface area (Å²) in [4.78, 5) is 20.1. The van der Waals surface area contributed by atoms with Gasteiger partial charge in [0.1, 0.15) is 12.4 Å². The number of nitrogens with zero attached hydrogens (tertiary/aromatic N) is 1. The number of alkyl halides is 5. The predicted octanol–water partition coefficient (Wildman–Crippen LogP) is 2.97. The van der Waals surface area contributed by atoms with Gasteiger partial charge in [-0.05, 0) is 6.07 Å². The molecule has 0 bridgehead atoms. The van der Waals surface area contributed by atoms with Gasteiger partial charge in [0.05, 0.1) is 4.92 Å². The fourth-order valence-corrected chi connectivity index (χ4v) is 1.13. The minimum atomic E-state index is -6.16. The van der Waals surface area contributed by atoms with Crippen LogP contribution in [-0.2, 0) is 16.1 Å². The fourth-order valence-electron chi connectivity index (χ4n) is 1.13. The van der Waals surface area contributed by atoms with Crippen molar-refractivity contribution >= 4 is 11.7 Å². The smallest absolute Gasteiger partial charge is 0.456 e. The Morgan fingerprint density at radius 2 is 1.81 bits per heavy atom. The second-order valence-electron chi connectivity index (χ2n) is 3.68. The van der Waals surface area contributed by atoms with Crippen molar-refractivity contribution in [1.82, 2.24) is 0 Å². The van der Waals surface area contributed by atoms with Crippen LogP contribution in [0.2, 0.25) is 0 Å². The summed E-state index contributed by atoms with van der Waals surface area (Å²) in [6, 6.07) is 1.88. The lowest BCUT2D eigenvalue weighted by molar-refractivity contribution is -0.385. The number of hydrogen-bond donors (Lipinski definition) is 0. The lowest BCUT2D eigenvalue weighted by Crippen LogP contribution is -2.45. The van der Waals surface area contributed by atoms with Crippen LogP contribution < -0.4 is 0 Å². The molecule has 0 amide bonds.